The van der Waals surface area contributed by atoms with Gasteiger partial charge in [0.1, 0.15) is 11.6 Å². The average Bonchev–Trinajstić information content (AvgIpc) is 2.47. The molecule has 2 aromatic rings. The second-order valence-corrected chi connectivity index (χ2v) is 7.32. The second kappa shape index (κ2) is 6.62. The lowest BCUT2D eigenvalue weighted by Gasteiger charge is -2.20. The summed E-state index contributed by atoms with van der Waals surface area (Å²) in [6.07, 6.45) is 0.804. The van der Waals surface area contributed by atoms with Gasteiger partial charge in [-0.25, -0.2) is 14.4 Å². The van der Waals surface area contributed by atoms with E-state index in [-0.39, 0.29) is 22.4 Å². The molecule has 2 rings (SSSR count). The Morgan fingerprint density at radius 3 is 2.39 bits per heavy atom. The average molecular weight is 433 g/mol. The Hall–Kier alpha value is -1.38. The Morgan fingerprint density at radius 1 is 1.22 bits per heavy atom. The SMILES string of the molecule is CCCOc1c(OC)c(F)c2c(N)nc(C(C)(C)C)nc2c1I. The Bertz CT molecular complexity index is 745. The van der Waals surface area contributed by atoms with E-state index in [0.29, 0.717) is 27.3 Å². The molecule has 1 aromatic heterocycles. The van der Waals surface area contributed by atoms with Gasteiger partial charge in [-0.15, -0.1) is 0 Å². The molecule has 0 bridgehead atoms. The first-order valence-electron chi connectivity index (χ1n) is 7.37. The zero-order chi connectivity index (χ0) is 17.4. The van der Waals surface area contributed by atoms with E-state index in [9.17, 15) is 4.39 Å². The Kier molecular flexibility index (Phi) is 5.17. The minimum atomic E-state index is -0.591. The highest BCUT2D eigenvalue weighted by Gasteiger charge is 2.27. The van der Waals surface area contributed by atoms with E-state index in [1.165, 1.54) is 7.11 Å². The molecule has 1 aromatic carbocycles. The summed E-state index contributed by atoms with van der Waals surface area (Å²) < 4.78 is 26.4. The van der Waals surface area contributed by atoms with Gasteiger partial charge in [0.2, 0.25) is 0 Å². The van der Waals surface area contributed by atoms with Gasteiger partial charge in [0.25, 0.3) is 0 Å². The topological polar surface area (TPSA) is 70.3 Å². The summed E-state index contributed by atoms with van der Waals surface area (Å²) in [5.74, 6) is 0.473. The maximum Gasteiger partial charge on any atom is 0.198 e. The van der Waals surface area contributed by atoms with Crippen LogP contribution in [-0.2, 0) is 5.41 Å². The van der Waals surface area contributed by atoms with E-state index in [2.05, 4.69) is 32.6 Å². The van der Waals surface area contributed by atoms with Crippen molar-refractivity contribution in [2.24, 2.45) is 0 Å². The number of nitrogen functional groups attached to an aromatic ring is 1. The molecule has 5 nitrogen and oxygen atoms in total. The fourth-order valence-corrected chi connectivity index (χ4v) is 2.92. The molecule has 0 aliphatic heterocycles. The van der Waals surface area contributed by atoms with Gasteiger partial charge in [-0.2, -0.15) is 0 Å². The molecule has 0 aliphatic carbocycles. The minimum Gasteiger partial charge on any atom is -0.490 e. The van der Waals surface area contributed by atoms with E-state index in [4.69, 9.17) is 15.2 Å². The van der Waals surface area contributed by atoms with Crippen LogP contribution in [0.25, 0.3) is 10.9 Å². The largest absolute Gasteiger partial charge is 0.490 e. The highest BCUT2D eigenvalue weighted by molar-refractivity contribution is 14.1. The maximum absolute atomic E-state index is 14.9. The highest BCUT2D eigenvalue weighted by Crippen LogP contribution is 2.42. The molecule has 0 radical (unpaired) electrons. The van der Waals surface area contributed by atoms with Crippen molar-refractivity contribution in [1.82, 2.24) is 9.97 Å². The van der Waals surface area contributed by atoms with Crippen LogP contribution in [0.3, 0.4) is 0 Å². The predicted octanol–water partition coefficient (Wildman–Crippen LogP) is 4.05. The number of fused-ring (bicyclic) bond motifs is 1. The van der Waals surface area contributed by atoms with Crippen molar-refractivity contribution >= 4 is 39.3 Å². The second-order valence-electron chi connectivity index (χ2n) is 6.24. The summed E-state index contributed by atoms with van der Waals surface area (Å²) in [4.78, 5) is 8.81. The number of nitrogens with two attached hydrogens (primary N) is 1. The summed E-state index contributed by atoms with van der Waals surface area (Å²) >= 11 is 2.09. The monoisotopic (exact) mass is 433 g/mol. The van der Waals surface area contributed by atoms with Crippen molar-refractivity contribution in [2.75, 3.05) is 19.5 Å². The normalized spacial score (nSPS) is 11.8. The Balaban J connectivity index is 2.85. The zero-order valence-electron chi connectivity index (χ0n) is 14.0. The summed E-state index contributed by atoms with van der Waals surface area (Å²) in [5.41, 5.74) is 6.16. The molecule has 126 valence electrons. The van der Waals surface area contributed by atoms with Crippen LogP contribution in [0.1, 0.15) is 39.9 Å². The van der Waals surface area contributed by atoms with Crippen molar-refractivity contribution in [3.05, 3.63) is 15.2 Å². The number of anilines is 1. The van der Waals surface area contributed by atoms with Gasteiger partial charge in [0, 0.05) is 5.41 Å². The van der Waals surface area contributed by atoms with E-state index < -0.39 is 5.82 Å². The molecule has 0 atom stereocenters. The van der Waals surface area contributed by atoms with E-state index in [1.54, 1.807) is 0 Å². The predicted molar refractivity (Wildman–Crippen MR) is 97.7 cm³/mol. The number of methoxy groups -OCH3 is 1. The summed E-state index contributed by atoms with van der Waals surface area (Å²) in [6, 6.07) is 0. The van der Waals surface area contributed by atoms with Gasteiger partial charge in [-0.1, -0.05) is 27.7 Å². The number of benzene rings is 1. The fraction of sp³-hybridized carbons (Fsp3) is 0.500. The third-order valence-corrected chi connectivity index (χ3v) is 4.30. The van der Waals surface area contributed by atoms with Crippen LogP contribution in [0.4, 0.5) is 10.2 Å². The zero-order valence-corrected chi connectivity index (χ0v) is 16.1. The number of ether oxygens (including phenoxy) is 2. The van der Waals surface area contributed by atoms with Gasteiger partial charge >= 0.3 is 0 Å². The summed E-state index contributed by atoms with van der Waals surface area (Å²) in [7, 11) is 1.40. The third-order valence-electron chi connectivity index (χ3n) is 3.29. The van der Waals surface area contributed by atoms with Crippen molar-refractivity contribution in [3.63, 3.8) is 0 Å². The number of rotatable bonds is 4. The van der Waals surface area contributed by atoms with Crippen LogP contribution in [-0.4, -0.2) is 23.7 Å². The first-order chi connectivity index (χ1) is 10.7. The van der Waals surface area contributed by atoms with Crippen LogP contribution >= 0.6 is 22.6 Å². The summed E-state index contributed by atoms with van der Waals surface area (Å²) in [6.45, 7) is 8.39. The van der Waals surface area contributed by atoms with Crippen LogP contribution in [0, 0.1) is 9.39 Å². The molecule has 0 fully saturated rings. The smallest absolute Gasteiger partial charge is 0.198 e. The lowest BCUT2D eigenvalue weighted by molar-refractivity contribution is 0.286. The number of halogens is 2. The Labute approximate surface area is 148 Å². The molecule has 0 saturated heterocycles. The van der Waals surface area contributed by atoms with Crippen LogP contribution in [0.5, 0.6) is 11.5 Å². The lowest BCUT2D eigenvalue weighted by atomic mass is 9.95. The van der Waals surface area contributed by atoms with Crippen LogP contribution < -0.4 is 15.2 Å². The molecule has 0 spiro atoms. The number of hydrogen-bond acceptors (Lipinski definition) is 5. The standard InChI is InChI=1S/C16H21FIN3O2/c1-6-7-23-13-10(18)11-8(9(17)12(13)22-5)14(19)21-15(20-11)16(2,3)4/h6-7H2,1-5H3,(H2,19,20,21). The molecular weight excluding hydrogens is 412 g/mol. The van der Waals surface area contributed by atoms with Crippen molar-refractivity contribution in [3.8, 4) is 11.5 Å². The molecular formula is C16H21FIN3O2. The molecule has 0 unspecified atom stereocenters. The van der Waals surface area contributed by atoms with Gasteiger partial charge in [0.15, 0.2) is 17.3 Å². The van der Waals surface area contributed by atoms with E-state index in [1.807, 2.05) is 27.7 Å². The van der Waals surface area contributed by atoms with Gasteiger partial charge in [-0.3, -0.25) is 0 Å². The highest BCUT2D eigenvalue weighted by atomic mass is 127. The molecule has 0 saturated carbocycles. The first kappa shape index (κ1) is 18.0. The molecule has 1 heterocycles. The van der Waals surface area contributed by atoms with Gasteiger partial charge < -0.3 is 15.2 Å². The van der Waals surface area contributed by atoms with Crippen molar-refractivity contribution in [1.29, 1.82) is 0 Å². The van der Waals surface area contributed by atoms with Gasteiger partial charge in [0.05, 0.1) is 28.2 Å². The van der Waals surface area contributed by atoms with Crippen LogP contribution in [0.2, 0.25) is 0 Å². The number of hydrogen-bond donors (Lipinski definition) is 1. The quantitative estimate of drug-likeness (QED) is 0.737. The molecule has 23 heavy (non-hydrogen) atoms. The fourth-order valence-electron chi connectivity index (χ4n) is 2.12. The Morgan fingerprint density at radius 2 is 1.87 bits per heavy atom. The first-order valence-corrected chi connectivity index (χ1v) is 8.45. The molecule has 0 amide bonds. The number of nitrogens with zero attached hydrogens (tertiary/aromatic N) is 2. The van der Waals surface area contributed by atoms with Crippen molar-refractivity contribution < 1.29 is 13.9 Å². The molecule has 0 aliphatic rings. The molecule has 2 N–H and O–H groups in total. The van der Waals surface area contributed by atoms with Crippen LogP contribution in [0.15, 0.2) is 0 Å². The maximum atomic E-state index is 14.9. The van der Waals surface area contributed by atoms with Gasteiger partial charge in [-0.05, 0) is 29.0 Å². The lowest BCUT2D eigenvalue weighted by Crippen LogP contribution is -2.18. The van der Waals surface area contributed by atoms with E-state index >= 15 is 0 Å². The van der Waals surface area contributed by atoms with E-state index in [0.717, 1.165) is 6.42 Å². The summed E-state index contributed by atoms with van der Waals surface area (Å²) in [5, 5.41) is 0.170. The minimum absolute atomic E-state index is 0.0363. The van der Waals surface area contributed by atoms with Crippen molar-refractivity contribution in [2.45, 2.75) is 39.5 Å². The third kappa shape index (κ3) is 3.29. The molecule has 7 heteroatoms. The number of aromatic nitrogens is 2.